The number of benzene rings is 1. The average molecular weight is 400 g/mol. The molecule has 6 nitrogen and oxygen atoms in total. The second-order valence-corrected chi connectivity index (χ2v) is 8.20. The van der Waals surface area contributed by atoms with Crippen LogP contribution in [-0.2, 0) is 17.6 Å². The van der Waals surface area contributed by atoms with Gasteiger partial charge in [0.1, 0.15) is 0 Å². The van der Waals surface area contributed by atoms with Crippen LogP contribution in [0.5, 0.6) is 0 Å². The minimum atomic E-state index is 0.254. The van der Waals surface area contributed by atoms with E-state index in [2.05, 4.69) is 38.1 Å². The minimum absolute atomic E-state index is 0.254. The predicted octanol–water partition coefficient (Wildman–Crippen LogP) is 2.25. The largest absolute Gasteiger partial charge is 0.356 e. The van der Waals surface area contributed by atoms with Gasteiger partial charge in [-0.25, -0.2) is 4.98 Å². The molecule has 1 aromatic heterocycles. The topological polar surface area (TPSA) is 69.6 Å². The molecule has 1 atom stereocenters. The van der Waals surface area contributed by atoms with Crippen molar-refractivity contribution in [3.05, 3.63) is 52.0 Å². The Morgan fingerprint density at radius 3 is 2.82 bits per heavy atom. The van der Waals surface area contributed by atoms with E-state index < -0.39 is 0 Å². The van der Waals surface area contributed by atoms with Crippen molar-refractivity contribution in [3.63, 3.8) is 0 Å². The van der Waals surface area contributed by atoms with Gasteiger partial charge in [-0.2, -0.15) is 0 Å². The maximum absolute atomic E-state index is 12.3. The standard InChI is InChI=1S/C21H29N5OS/c1-16-25-19(15-28-16)8-10-23-21(22-2)24-13-18-12-20(27)26(14-18)11-9-17-6-4-3-5-7-17/h3-7,15,18H,8-14H2,1-2H3,(H2,22,23,24). The van der Waals surface area contributed by atoms with Crippen LogP contribution in [0.3, 0.4) is 0 Å². The number of aromatic nitrogens is 1. The molecule has 1 amide bonds. The van der Waals surface area contributed by atoms with E-state index in [4.69, 9.17) is 0 Å². The highest BCUT2D eigenvalue weighted by molar-refractivity contribution is 7.09. The van der Waals surface area contributed by atoms with Crippen molar-refractivity contribution < 1.29 is 4.79 Å². The van der Waals surface area contributed by atoms with E-state index in [1.165, 1.54) is 5.56 Å². The lowest BCUT2D eigenvalue weighted by molar-refractivity contribution is -0.127. The Morgan fingerprint density at radius 2 is 2.11 bits per heavy atom. The lowest BCUT2D eigenvalue weighted by atomic mass is 10.1. The van der Waals surface area contributed by atoms with E-state index in [0.717, 1.165) is 55.7 Å². The van der Waals surface area contributed by atoms with Crippen molar-refractivity contribution in [1.82, 2.24) is 20.5 Å². The van der Waals surface area contributed by atoms with Crippen LogP contribution in [0.1, 0.15) is 22.7 Å². The monoisotopic (exact) mass is 399 g/mol. The molecule has 0 spiro atoms. The Labute approximate surface area is 171 Å². The van der Waals surface area contributed by atoms with Crippen LogP contribution in [0.2, 0.25) is 0 Å². The van der Waals surface area contributed by atoms with Crippen LogP contribution in [0.4, 0.5) is 0 Å². The fourth-order valence-electron chi connectivity index (χ4n) is 3.41. The van der Waals surface area contributed by atoms with Gasteiger partial charge in [0, 0.05) is 57.4 Å². The predicted molar refractivity (Wildman–Crippen MR) is 115 cm³/mol. The molecule has 1 aromatic carbocycles. The Morgan fingerprint density at radius 1 is 1.29 bits per heavy atom. The van der Waals surface area contributed by atoms with Crippen molar-refractivity contribution in [1.29, 1.82) is 0 Å². The van der Waals surface area contributed by atoms with E-state index in [-0.39, 0.29) is 5.91 Å². The van der Waals surface area contributed by atoms with Gasteiger partial charge in [-0.15, -0.1) is 11.3 Å². The maximum Gasteiger partial charge on any atom is 0.223 e. The van der Waals surface area contributed by atoms with Crippen LogP contribution < -0.4 is 10.6 Å². The molecule has 2 aromatic rings. The average Bonchev–Trinajstić information content (AvgIpc) is 3.28. The number of hydrogen-bond donors (Lipinski definition) is 2. The molecular weight excluding hydrogens is 370 g/mol. The normalized spacial score (nSPS) is 17.2. The van der Waals surface area contributed by atoms with Gasteiger partial charge in [-0.05, 0) is 18.9 Å². The van der Waals surface area contributed by atoms with Gasteiger partial charge in [0.2, 0.25) is 5.91 Å². The highest BCUT2D eigenvalue weighted by Crippen LogP contribution is 2.17. The summed E-state index contributed by atoms with van der Waals surface area (Å²) in [6.07, 6.45) is 2.39. The van der Waals surface area contributed by atoms with Gasteiger partial charge in [-0.3, -0.25) is 9.79 Å². The van der Waals surface area contributed by atoms with E-state index >= 15 is 0 Å². The fourth-order valence-corrected chi connectivity index (χ4v) is 4.06. The van der Waals surface area contributed by atoms with Crippen molar-refractivity contribution in [3.8, 4) is 0 Å². The molecular formula is C21H29N5OS. The van der Waals surface area contributed by atoms with Crippen LogP contribution in [0, 0.1) is 12.8 Å². The first-order valence-electron chi connectivity index (χ1n) is 9.81. The van der Waals surface area contributed by atoms with Crippen LogP contribution in [-0.4, -0.2) is 55.0 Å². The number of carbonyl (C=O) groups excluding carboxylic acids is 1. The summed E-state index contributed by atoms with van der Waals surface area (Å²) in [5.74, 6) is 1.36. The number of carbonyl (C=O) groups is 1. The highest BCUT2D eigenvalue weighted by Gasteiger charge is 2.29. The maximum atomic E-state index is 12.3. The molecule has 3 rings (SSSR count). The molecule has 150 valence electrons. The third-order valence-corrected chi connectivity index (χ3v) is 5.75. The zero-order valence-corrected chi connectivity index (χ0v) is 17.5. The number of nitrogens with one attached hydrogen (secondary N) is 2. The van der Waals surface area contributed by atoms with E-state index in [0.29, 0.717) is 12.3 Å². The smallest absolute Gasteiger partial charge is 0.223 e. The molecule has 1 fully saturated rings. The SMILES string of the molecule is CN=C(NCCc1csc(C)n1)NCC1CC(=O)N(CCc2ccccc2)C1. The summed E-state index contributed by atoms with van der Waals surface area (Å²) in [6, 6.07) is 10.3. The number of aryl methyl sites for hydroxylation is 1. The Balaban J connectivity index is 1.37. The van der Waals surface area contributed by atoms with Crippen LogP contribution in [0.15, 0.2) is 40.7 Å². The van der Waals surface area contributed by atoms with Gasteiger partial charge in [0.15, 0.2) is 5.96 Å². The van der Waals surface area contributed by atoms with E-state index in [9.17, 15) is 4.79 Å². The van der Waals surface area contributed by atoms with Crippen LogP contribution in [0.25, 0.3) is 0 Å². The van der Waals surface area contributed by atoms with E-state index in [1.54, 1.807) is 18.4 Å². The first kappa shape index (κ1) is 20.3. The summed E-state index contributed by atoms with van der Waals surface area (Å²) < 4.78 is 0. The summed E-state index contributed by atoms with van der Waals surface area (Å²) in [5.41, 5.74) is 2.39. The van der Waals surface area contributed by atoms with Gasteiger partial charge >= 0.3 is 0 Å². The van der Waals surface area contributed by atoms with Gasteiger partial charge in [0.05, 0.1) is 10.7 Å². The Bertz CT molecular complexity index is 789. The molecule has 0 aliphatic carbocycles. The van der Waals surface area contributed by atoms with E-state index in [1.807, 2.05) is 30.0 Å². The number of thiazole rings is 1. The summed E-state index contributed by atoms with van der Waals surface area (Å²) in [6.45, 7) is 5.17. The lowest BCUT2D eigenvalue weighted by Crippen LogP contribution is -2.41. The van der Waals surface area contributed by atoms with Gasteiger partial charge < -0.3 is 15.5 Å². The molecule has 1 unspecified atom stereocenters. The summed E-state index contributed by atoms with van der Waals surface area (Å²) in [4.78, 5) is 23.0. The van der Waals surface area contributed by atoms with Crippen molar-refractivity contribution >= 4 is 23.2 Å². The zero-order valence-electron chi connectivity index (χ0n) is 16.6. The third kappa shape index (κ3) is 6.05. The molecule has 7 heteroatoms. The number of aliphatic imine (C=N–C) groups is 1. The van der Waals surface area contributed by atoms with Crippen molar-refractivity contribution in [2.45, 2.75) is 26.2 Å². The number of rotatable bonds is 8. The number of amides is 1. The molecule has 2 N–H and O–H groups in total. The molecule has 1 saturated heterocycles. The summed E-state index contributed by atoms with van der Waals surface area (Å²) >= 11 is 1.68. The summed E-state index contributed by atoms with van der Waals surface area (Å²) in [7, 11) is 1.77. The van der Waals surface area contributed by atoms with Gasteiger partial charge in [-0.1, -0.05) is 30.3 Å². The first-order chi connectivity index (χ1) is 13.6. The first-order valence-corrected chi connectivity index (χ1v) is 10.7. The zero-order chi connectivity index (χ0) is 19.8. The fraction of sp³-hybridized carbons (Fsp3) is 0.476. The van der Waals surface area contributed by atoms with Gasteiger partial charge in [0.25, 0.3) is 0 Å². The quantitative estimate of drug-likeness (QED) is 0.528. The van der Waals surface area contributed by atoms with Crippen molar-refractivity contribution in [2.24, 2.45) is 10.9 Å². The number of nitrogens with zero attached hydrogens (tertiary/aromatic N) is 3. The molecule has 0 radical (unpaired) electrons. The second-order valence-electron chi connectivity index (χ2n) is 7.13. The Hall–Kier alpha value is -2.41. The molecule has 0 bridgehead atoms. The Kier molecular flexibility index (Phi) is 7.42. The number of hydrogen-bond acceptors (Lipinski definition) is 4. The molecule has 2 heterocycles. The summed E-state index contributed by atoms with van der Waals surface area (Å²) in [5, 5.41) is 9.88. The third-order valence-electron chi connectivity index (χ3n) is 4.93. The second kappa shape index (κ2) is 10.2. The molecule has 28 heavy (non-hydrogen) atoms. The molecule has 1 aliphatic rings. The minimum Gasteiger partial charge on any atom is -0.356 e. The lowest BCUT2D eigenvalue weighted by Gasteiger charge is -2.18. The molecule has 1 aliphatic heterocycles. The highest BCUT2D eigenvalue weighted by atomic mass is 32.1. The number of guanidine groups is 1. The molecule has 0 saturated carbocycles. The van der Waals surface area contributed by atoms with Crippen LogP contribution >= 0.6 is 11.3 Å². The van der Waals surface area contributed by atoms with Crippen molar-refractivity contribution in [2.75, 3.05) is 33.2 Å². The number of likely N-dealkylation sites (tertiary alicyclic amines) is 1.